The van der Waals surface area contributed by atoms with Gasteiger partial charge in [0.15, 0.2) is 0 Å². The first-order valence-corrected chi connectivity index (χ1v) is 5.64. The van der Waals surface area contributed by atoms with Gasteiger partial charge in [0, 0.05) is 5.38 Å². The van der Waals surface area contributed by atoms with Crippen LogP contribution in [0.2, 0.25) is 5.28 Å². The highest BCUT2D eigenvalue weighted by Gasteiger charge is 2.30. The van der Waals surface area contributed by atoms with Crippen LogP contribution < -0.4 is 0 Å². The molecule has 52 valence electrons. The van der Waals surface area contributed by atoms with E-state index in [9.17, 15) is 0 Å². The number of halogens is 3. The summed E-state index contributed by atoms with van der Waals surface area (Å²) >= 11 is 16.7. The monoisotopic (exact) mass is 202 g/mol. The van der Waals surface area contributed by atoms with Crippen LogP contribution in [0.4, 0.5) is 0 Å². The van der Waals surface area contributed by atoms with E-state index in [2.05, 4.69) is 0 Å². The molecular weight excluding hydrogens is 197 g/mol. The van der Waals surface area contributed by atoms with E-state index in [0.29, 0.717) is 0 Å². The van der Waals surface area contributed by atoms with E-state index in [-0.39, 0.29) is 16.3 Å². The van der Waals surface area contributed by atoms with Crippen molar-refractivity contribution < 1.29 is 3.79 Å². The Morgan fingerprint density at radius 3 is 2.44 bits per heavy atom. The molecule has 5 heteroatoms. The van der Waals surface area contributed by atoms with Gasteiger partial charge in [0.25, 0.3) is 0 Å². The molecule has 3 unspecified atom stereocenters. The van der Waals surface area contributed by atoms with E-state index in [1.54, 1.807) is 0 Å². The smallest absolute Gasteiger partial charge is 0.438 e. The minimum absolute atomic E-state index is 0.0228. The van der Waals surface area contributed by atoms with Crippen LogP contribution in [0.1, 0.15) is 0 Å². The summed E-state index contributed by atoms with van der Waals surface area (Å²) in [5.74, 6) is 0. The maximum absolute atomic E-state index is 5.80. The van der Waals surface area contributed by atoms with Crippen LogP contribution in [-0.4, -0.2) is 31.9 Å². The van der Waals surface area contributed by atoms with Crippen LogP contribution in [0.3, 0.4) is 0 Å². The Kier molecular flexibility index (Phi) is 3.45. The molecule has 3 atom stereocenters. The maximum atomic E-state index is 5.80. The average molecular weight is 203 g/mol. The Morgan fingerprint density at radius 1 is 1.33 bits per heavy atom. The van der Waals surface area contributed by atoms with Gasteiger partial charge in [-0.2, -0.15) is 0 Å². The average Bonchev–Trinajstić information content (AvgIpc) is 1.83. The predicted octanol–water partition coefficient (Wildman–Crippen LogP) is 1.57. The number of alkyl halides is 3. The molecule has 1 heterocycles. The molecule has 1 aliphatic rings. The van der Waals surface area contributed by atoms with Gasteiger partial charge in [0.2, 0.25) is 0 Å². The lowest BCUT2D eigenvalue weighted by atomic mass is 10.3. The Hall–Kier alpha value is 1.36. The molecule has 0 aromatic carbocycles. The summed E-state index contributed by atoms with van der Waals surface area (Å²) in [7, 11) is 0. The molecule has 0 aromatic heterocycles. The fourth-order valence-electron chi connectivity index (χ4n) is 0.709. The minimum atomic E-state index is -0.467. The van der Waals surface area contributed by atoms with Crippen molar-refractivity contribution in [3.8, 4) is 0 Å². The highest BCUT2D eigenvalue weighted by atomic mass is 35.5. The molecule has 0 amide bonds. The van der Waals surface area contributed by atoms with Crippen LogP contribution in [0.25, 0.3) is 0 Å². The van der Waals surface area contributed by atoms with Crippen LogP contribution >= 0.6 is 34.8 Å². The van der Waals surface area contributed by atoms with Crippen molar-refractivity contribution in [2.75, 3.05) is 0 Å². The van der Waals surface area contributed by atoms with Crippen molar-refractivity contribution in [2.24, 2.45) is 0 Å². The SMILES string of the molecule is ClC1[CH2][AlH][O]C(Cl)C1Cl. The molecule has 9 heavy (non-hydrogen) atoms. The lowest BCUT2D eigenvalue weighted by Crippen LogP contribution is -2.35. The third-order valence-electron chi connectivity index (χ3n) is 1.27. The molecule has 0 bridgehead atoms. The third kappa shape index (κ3) is 2.15. The fraction of sp³-hybridized carbons (Fsp3) is 1.00. The van der Waals surface area contributed by atoms with Gasteiger partial charge in [-0.3, -0.25) is 0 Å². The molecule has 1 rings (SSSR count). The Labute approximate surface area is 75.6 Å². The number of hydrogen-bond donors (Lipinski definition) is 0. The second-order valence-corrected chi connectivity index (χ2v) is 4.78. The van der Waals surface area contributed by atoms with Gasteiger partial charge in [-0.25, -0.2) is 0 Å². The summed E-state index contributed by atoms with van der Waals surface area (Å²) in [5, 5.41) is 0.739. The van der Waals surface area contributed by atoms with Gasteiger partial charge < -0.3 is 3.79 Å². The first-order valence-electron chi connectivity index (χ1n) is 2.75. The second kappa shape index (κ2) is 3.67. The van der Waals surface area contributed by atoms with E-state index in [0.717, 1.165) is 5.28 Å². The van der Waals surface area contributed by atoms with Gasteiger partial charge >= 0.3 is 15.6 Å². The van der Waals surface area contributed by atoms with E-state index >= 15 is 0 Å². The summed E-state index contributed by atoms with van der Waals surface area (Å²) in [6.45, 7) is 0. The molecule has 0 aliphatic carbocycles. The van der Waals surface area contributed by atoms with Crippen molar-refractivity contribution in [1.29, 1.82) is 0 Å². The zero-order valence-corrected chi connectivity index (χ0v) is 8.37. The van der Waals surface area contributed by atoms with Crippen molar-refractivity contribution in [3.63, 3.8) is 0 Å². The van der Waals surface area contributed by atoms with Crippen molar-refractivity contribution in [2.45, 2.75) is 21.6 Å². The molecule has 1 saturated heterocycles. The Bertz CT molecular complexity index is 91.8. The summed E-state index contributed by atoms with van der Waals surface area (Å²) in [5.41, 5.74) is -0.352. The summed E-state index contributed by atoms with van der Waals surface area (Å²) in [4.78, 5) is 0. The Morgan fingerprint density at radius 2 is 2.00 bits per heavy atom. The van der Waals surface area contributed by atoms with E-state index in [1.165, 1.54) is 0 Å². The quantitative estimate of drug-likeness (QED) is 0.429. The molecule has 0 N–H and O–H groups in total. The van der Waals surface area contributed by atoms with Gasteiger partial charge in [-0.15, -0.1) is 23.2 Å². The summed E-state index contributed by atoms with van der Waals surface area (Å²) < 4.78 is 5.15. The van der Waals surface area contributed by atoms with Crippen LogP contribution in [0.5, 0.6) is 0 Å². The zero-order valence-electron chi connectivity index (χ0n) is 4.69. The van der Waals surface area contributed by atoms with Gasteiger partial charge in [0.05, 0.1) is 5.38 Å². The molecule has 0 saturated carbocycles. The van der Waals surface area contributed by atoms with Gasteiger partial charge in [-0.05, 0) is 0 Å². The van der Waals surface area contributed by atoms with Crippen molar-refractivity contribution >= 4 is 50.4 Å². The third-order valence-corrected chi connectivity index (χ3v) is 4.97. The largest absolute Gasteiger partial charge is 0.488 e. The molecular formula is C4H6AlCl3O. The standard InChI is InChI=1S/C4H5Cl3O.Al.H/c1-2(5)3(6)4(7)8;;/h2-4H,1H2;;/q-1;+1;. The first-order chi connectivity index (χ1) is 4.22. The molecule has 0 radical (unpaired) electrons. The van der Waals surface area contributed by atoms with Crippen LogP contribution in [0, 0.1) is 0 Å². The fourth-order valence-corrected chi connectivity index (χ4v) is 3.31. The van der Waals surface area contributed by atoms with E-state index < -0.39 is 15.6 Å². The molecule has 0 aromatic rings. The van der Waals surface area contributed by atoms with E-state index in [1.807, 2.05) is 0 Å². The molecule has 0 spiro atoms. The predicted molar refractivity (Wildman–Crippen MR) is 42.0 cm³/mol. The van der Waals surface area contributed by atoms with Gasteiger partial charge in [0.1, 0.15) is 5.56 Å². The van der Waals surface area contributed by atoms with Crippen LogP contribution in [0.15, 0.2) is 0 Å². The first kappa shape index (κ1) is 8.46. The molecule has 1 fully saturated rings. The highest BCUT2D eigenvalue weighted by molar-refractivity contribution is 6.41. The van der Waals surface area contributed by atoms with Crippen molar-refractivity contribution in [3.05, 3.63) is 0 Å². The molecule has 1 nitrogen and oxygen atoms in total. The Balaban J connectivity index is 2.41. The van der Waals surface area contributed by atoms with Crippen LogP contribution in [-0.2, 0) is 3.79 Å². The lowest BCUT2D eigenvalue weighted by Gasteiger charge is -2.26. The zero-order chi connectivity index (χ0) is 6.85. The number of rotatable bonds is 0. The van der Waals surface area contributed by atoms with Crippen molar-refractivity contribution in [1.82, 2.24) is 0 Å². The normalized spacial score (nSPS) is 44.1. The van der Waals surface area contributed by atoms with Gasteiger partial charge in [-0.1, -0.05) is 16.9 Å². The summed E-state index contributed by atoms with van der Waals surface area (Å²) in [6, 6.07) is 0. The topological polar surface area (TPSA) is 9.23 Å². The summed E-state index contributed by atoms with van der Waals surface area (Å²) in [6.07, 6.45) is 0. The number of hydrogen-bond acceptors (Lipinski definition) is 1. The molecule has 1 aliphatic heterocycles. The minimum Gasteiger partial charge on any atom is -0.488 e. The highest BCUT2D eigenvalue weighted by Crippen LogP contribution is 2.26. The maximum Gasteiger partial charge on any atom is 0.438 e. The van der Waals surface area contributed by atoms with E-state index in [4.69, 9.17) is 38.6 Å². The lowest BCUT2D eigenvalue weighted by molar-refractivity contribution is 0.269. The second-order valence-electron chi connectivity index (χ2n) is 1.97.